The fourth-order valence-corrected chi connectivity index (χ4v) is 7.07. The van der Waals surface area contributed by atoms with Crippen LogP contribution in [0, 0.1) is 19.1 Å². The number of rotatable bonds is 5. The van der Waals surface area contributed by atoms with Gasteiger partial charge in [-0.3, -0.25) is 0 Å². The molecular formula is C43H46N4OPt. The van der Waals surface area contributed by atoms with E-state index in [1.807, 2.05) is 24.4 Å². The Bertz CT molecular complexity index is 2220. The first-order valence-corrected chi connectivity index (χ1v) is 16.9. The first-order valence-electron chi connectivity index (χ1n) is 19.4. The molecular weight excluding hydrogens is 784 g/mol. The molecule has 0 bridgehead atoms. The van der Waals surface area contributed by atoms with E-state index in [0.29, 0.717) is 23.6 Å². The summed E-state index contributed by atoms with van der Waals surface area (Å²) in [7, 11) is 0. The number of hydrogen-bond donors (Lipinski definition) is 0. The SMILES string of the molecule is [2H]c1c([2H])c([2H])c(-c2cnc(N3CCCc4ccc(Oc5[c-]c6c(cc5)CCCN6c5cc(C)ccn5)[c-]c43)c(C(C)(C)C)c2C(C)(C)C)c([2H])c1[2H].[Pt+2]. The van der Waals surface area contributed by atoms with Gasteiger partial charge < -0.3 is 14.5 Å². The van der Waals surface area contributed by atoms with Gasteiger partial charge in [-0.2, -0.15) is 12.1 Å². The van der Waals surface area contributed by atoms with E-state index in [0.717, 1.165) is 77.5 Å². The van der Waals surface area contributed by atoms with Crippen LogP contribution in [0.2, 0.25) is 0 Å². The van der Waals surface area contributed by atoms with Gasteiger partial charge in [-0.1, -0.05) is 96.0 Å². The van der Waals surface area contributed by atoms with E-state index < -0.39 is 16.9 Å². The van der Waals surface area contributed by atoms with Crippen LogP contribution in [0.4, 0.5) is 23.0 Å². The average molecular weight is 835 g/mol. The van der Waals surface area contributed by atoms with Crippen molar-refractivity contribution in [3.63, 3.8) is 0 Å². The zero-order chi connectivity index (χ0) is 38.0. The van der Waals surface area contributed by atoms with Gasteiger partial charge in [0.25, 0.3) is 0 Å². The van der Waals surface area contributed by atoms with Crippen LogP contribution in [0.5, 0.6) is 11.5 Å². The Labute approximate surface area is 314 Å². The molecule has 2 aliphatic heterocycles. The number of ether oxygens (including phenoxy) is 1. The number of fused-ring (bicyclic) bond motifs is 2. The molecule has 6 heteroatoms. The molecule has 0 saturated heterocycles. The van der Waals surface area contributed by atoms with Gasteiger partial charge >= 0.3 is 21.1 Å². The smallest absolute Gasteiger partial charge is 0.509 e. The van der Waals surface area contributed by atoms with Gasteiger partial charge in [0.2, 0.25) is 0 Å². The Balaban J connectivity index is 0.00000497. The molecule has 7 rings (SSSR count). The fraction of sp³-hybridized carbons (Fsp3) is 0.349. The van der Waals surface area contributed by atoms with Crippen molar-refractivity contribution >= 4 is 23.0 Å². The molecule has 0 saturated carbocycles. The second-order valence-corrected chi connectivity index (χ2v) is 14.9. The fourth-order valence-electron chi connectivity index (χ4n) is 7.07. The Morgan fingerprint density at radius 3 is 1.94 bits per heavy atom. The minimum Gasteiger partial charge on any atom is -0.509 e. The molecule has 0 unspecified atom stereocenters. The molecule has 0 amide bonds. The third-order valence-electron chi connectivity index (χ3n) is 9.14. The number of anilines is 4. The number of hydrogen-bond acceptors (Lipinski definition) is 5. The summed E-state index contributed by atoms with van der Waals surface area (Å²) >= 11 is 0. The normalized spacial score (nSPS) is 15.9. The van der Waals surface area contributed by atoms with Gasteiger partial charge in [-0.25, -0.2) is 9.97 Å². The molecule has 0 N–H and O–H groups in total. The molecule has 2 aliphatic rings. The molecule has 0 atom stereocenters. The zero-order valence-corrected chi connectivity index (χ0v) is 31.6. The molecule has 0 fully saturated rings. The molecule has 0 radical (unpaired) electrons. The van der Waals surface area contributed by atoms with Gasteiger partial charge in [0.05, 0.1) is 6.85 Å². The third kappa shape index (κ3) is 7.06. The van der Waals surface area contributed by atoms with E-state index in [4.69, 9.17) is 16.6 Å². The van der Waals surface area contributed by atoms with E-state index in [9.17, 15) is 0 Å². The van der Waals surface area contributed by atoms with Crippen LogP contribution < -0.4 is 14.5 Å². The van der Waals surface area contributed by atoms with Gasteiger partial charge in [-0.15, -0.1) is 35.4 Å². The van der Waals surface area contributed by atoms with Gasteiger partial charge in [-0.05, 0) is 59.4 Å². The van der Waals surface area contributed by atoms with Crippen LogP contribution in [0.1, 0.15) is 89.1 Å². The zero-order valence-electron chi connectivity index (χ0n) is 34.4. The summed E-state index contributed by atoms with van der Waals surface area (Å²) in [6.07, 6.45) is 7.37. The second-order valence-electron chi connectivity index (χ2n) is 14.9. The van der Waals surface area contributed by atoms with Crippen LogP contribution in [0.25, 0.3) is 11.1 Å². The topological polar surface area (TPSA) is 41.5 Å². The molecule has 0 aliphatic carbocycles. The maximum Gasteiger partial charge on any atom is 2.00 e. The van der Waals surface area contributed by atoms with E-state index in [1.165, 1.54) is 5.56 Å². The molecule has 49 heavy (non-hydrogen) atoms. The number of pyridine rings is 2. The molecule has 0 spiro atoms. The van der Waals surface area contributed by atoms with Gasteiger partial charge in [0.15, 0.2) is 0 Å². The first-order chi connectivity index (χ1) is 25.0. The third-order valence-corrected chi connectivity index (χ3v) is 9.14. The summed E-state index contributed by atoms with van der Waals surface area (Å²) in [6.45, 7) is 16.4. The van der Waals surface area contributed by atoms with Crippen molar-refractivity contribution in [2.45, 2.75) is 85.0 Å². The van der Waals surface area contributed by atoms with Crippen molar-refractivity contribution in [1.82, 2.24) is 9.97 Å². The Kier molecular flexibility index (Phi) is 8.09. The molecule has 5 nitrogen and oxygen atoms in total. The van der Waals surface area contributed by atoms with Crippen molar-refractivity contribution in [3.8, 4) is 22.6 Å². The van der Waals surface area contributed by atoms with E-state index in [2.05, 4.69) is 93.6 Å². The van der Waals surface area contributed by atoms with Crippen molar-refractivity contribution < 1.29 is 32.7 Å². The minimum absolute atomic E-state index is 0. The van der Waals surface area contributed by atoms with Crippen molar-refractivity contribution in [2.75, 3.05) is 22.9 Å². The molecule has 3 aromatic carbocycles. The predicted molar refractivity (Wildman–Crippen MR) is 197 cm³/mol. The molecule has 2 aromatic heterocycles. The largest absolute Gasteiger partial charge is 2.00 e. The molecule has 4 heterocycles. The maximum atomic E-state index is 8.84. The van der Waals surface area contributed by atoms with Crippen LogP contribution in [-0.4, -0.2) is 23.1 Å². The molecule has 254 valence electrons. The van der Waals surface area contributed by atoms with Gasteiger partial charge in [0.1, 0.15) is 11.6 Å². The van der Waals surface area contributed by atoms with Crippen LogP contribution >= 0.6 is 0 Å². The van der Waals surface area contributed by atoms with Crippen LogP contribution in [-0.2, 0) is 44.7 Å². The van der Waals surface area contributed by atoms with Gasteiger partial charge in [0, 0.05) is 48.1 Å². The van der Waals surface area contributed by atoms with Crippen molar-refractivity contribution in [3.05, 3.63) is 119 Å². The summed E-state index contributed by atoms with van der Waals surface area (Å²) < 4.78 is 49.2. The standard InChI is InChI=1S/C43H46N4O.Pt/c1-29-21-22-44-38(25-29)46-23-11-15-31-17-19-33(26-36(31)46)48-34-20-18-32-16-12-24-47(37(32)27-34)41-40(43(5,6)7)39(42(2,3)4)35(28-45-41)30-13-9-8-10-14-30;/h8-10,13-14,17-22,25,28H,11-12,15-16,23-24H2,1-7H3;/q-2;+2/i8D,9D,10D,13D,14D;. The van der Waals surface area contributed by atoms with E-state index >= 15 is 0 Å². The van der Waals surface area contributed by atoms with Crippen molar-refractivity contribution in [2.24, 2.45) is 0 Å². The average Bonchev–Trinajstić information content (AvgIpc) is 3.11. The monoisotopic (exact) mass is 834 g/mol. The van der Waals surface area contributed by atoms with Crippen LogP contribution in [0.15, 0.2) is 79.0 Å². The molecule has 5 aromatic rings. The number of aryl methyl sites for hydroxylation is 3. The van der Waals surface area contributed by atoms with E-state index in [-0.39, 0.29) is 50.8 Å². The Morgan fingerprint density at radius 2 is 1.35 bits per heavy atom. The maximum absolute atomic E-state index is 8.84. The number of benzene rings is 3. The predicted octanol–water partition coefficient (Wildman–Crippen LogP) is 10.6. The summed E-state index contributed by atoms with van der Waals surface area (Å²) in [4.78, 5) is 14.2. The summed E-state index contributed by atoms with van der Waals surface area (Å²) in [5.41, 5.74) is 7.11. The van der Waals surface area contributed by atoms with E-state index in [1.54, 1.807) is 6.20 Å². The number of aromatic nitrogens is 2. The van der Waals surface area contributed by atoms with Crippen molar-refractivity contribution in [1.29, 1.82) is 0 Å². The summed E-state index contributed by atoms with van der Waals surface area (Å²) in [6, 6.07) is 17.9. The summed E-state index contributed by atoms with van der Waals surface area (Å²) in [5.74, 6) is 2.86. The number of nitrogens with zero attached hydrogens (tertiary/aromatic N) is 4. The first kappa shape index (κ1) is 28.8. The minimum atomic E-state index is -0.462. The summed E-state index contributed by atoms with van der Waals surface area (Å²) in [5, 5.41) is 0. The Morgan fingerprint density at radius 1 is 0.755 bits per heavy atom. The second kappa shape index (κ2) is 13.8. The quantitative estimate of drug-likeness (QED) is 0.165. The van der Waals surface area contributed by atoms with Crippen LogP contribution in [0.3, 0.4) is 0 Å². The Hall–Kier alpha value is -3.95.